The average Bonchev–Trinajstić information content (AvgIpc) is 2.77. The molecule has 0 atom stereocenters. The summed E-state index contributed by atoms with van der Waals surface area (Å²) in [6, 6.07) is 9.22. The van der Waals surface area contributed by atoms with Crippen molar-refractivity contribution in [2.45, 2.75) is 0 Å². The Morgan fingerprint density at radius 3 is 2.57 bits per heavy atom. The molecule has 1 fully saturated rings. The van der Waals surface area contributed by atoms with Crippen molar-refractivity contribution >= 4 is 23.9 Å². The number of esters is 1. The van der Waals surface area contributed by atoms with E-state index in [1.165, 1.54) is 0 Å². The quantitative estimate of drug-likeness (QED) is 0.736. The largest absolute Gasteiger partial charge is 0.488 e. The summed E-state index contributed by atoms with van der Waals surface area (Å²) in [5.41, 5.74) is 1.23. The van der Waals surface area contributed by atoms with Gasteiger partial charge in [-0.25, -0.2) is 14.8 Å². The van der Waals surface area contributed by atoms with Crippen LogP contribution in [-0.4, -0.2) is 66.1 Å². The van der Waals surface area contributed by atoms with Gasteiger partial charge in [0, 0.05) is 44.1 Å². The topological polar surface area (TPSA) is 84.9 Å². The van der Waals surface area contributed by atoms with E-state index in [1.807, 2.05) is 29.2 Å². The fourth-order valence-electron chi connectivity index (χ4n) is 3.16. The molecule has 1 aromatic heterocycles. The highest BCUT2D eigenvalue weighted by atomic mass is 16.5. The first kappa shape index (κ1) is 18.0. The van der Waals surface area contributed by atoms with Gasteiger partial charge in [-0.2, -0.15) is 0 Å². The predicted octanol–water partition coefficient (Wildman–Crippen LogP) is 1.14. The summed E-state index contributed by atoms with van der Waals surface area (Å²) < 4.78 is 10.8. The number of amides is 1. The predicted molar refractivity (Wildman–Crippen MR) is 102 cm³/mol. The van der Waals surface area contributed by atoms with Gasteiger partial charge in [-0.3, -0.25) is 4.79 Å². The number of hydrogen-bond donors (Lipinski definition) is 0. The van der Waals surface area contributed by atoms with Gasteiger partial charge in [0.25, 0.3) is 5.91 Å². The molecule has 0 radical (unpaired) electrons. The second-order valence-corrected chi connectivity index (χ2v) is 6.49. The molecule has 0 bridgehead atoms. The number of para-hydroxylation sites is 1. The second kappa shape index (κ2) is 8.08. The van der Waals surface area contributed by atoms with Gasteiger partial charge >= 0.3 is 5.97 Å². The van der Waals surface area contributed by atoms with Gasteiger partial charge in [0.2, 0.25) is 5.95 Å². The Morgan fingerprint density at radius 2 is 1.79 bits per heavy atom. The average molecular weight is 380 g/mol. The van der Waals surface area contributed by atoms with Crippen LogP contribution in [0.1, 0.15) is 5.56 Å². The van der Waals surface area contributed by atoms with Crippen molar-refractivity contribution < 1.29 is 19.1 Å². The lowest BCUT2D eigenvalue weighted by atomic mass is 10.1. The van der Waals surface area contributed by atoms with Crippen LogP contribution in [0.5, 0.6) is 5.75 Å². The van der Waals surface area contributed by atoms with E-state index in [0.717, 1.165) is 11.3 Å². The summed E-state index contributed by atoms with van der Waals surface area (Å²) >= 11 is 0. The molecular formula is C20H20N4O4. The highest BCUT2D eigenvalue weighted by Crippen LogP contribution is 2.26. The van der Waals surface area contributed by atoms with Crippen molar-refractivity contribution in [3.63, 3.8) is 0 Å². The molecule has 144 valence electrons. The Hall–Kier alpha value is -3.42. The lowest BCUT2D eigenvalue weighted by molar-refractivity contribution is -0.149. The molecule has 1 saturated heterocycles. The molecule has 8 nitrogen and oxygen atoms in total. The zero-order chi connectivity index (χ0) is 19.3. The van der Waals surface area contributed by atoms with Crippen LogP contribution in [0.4, 0.5) is 5.95 Å². The van der Waals surface area contributed by atoms with Crippen molar-refractivity contribution in [3.05, 3.63) is 53.9 Å². The van der Waals surface area contributed by atoms with Crippen LogP contribution in [0.15, 0.2) is 48.3 Å². The Kier molecular flexibility index (Phi) is 5.18. The van der Waals surface area contributed by atoms with Crippen molar-refractivity contribution in [1.29, 1.82) is 0 Å². The van der Waals surface area contributed by atoms with Crippen LogP contribution in [0, 0.1) is 0 Å². The lowest BCUT2D eigenvalue weighted by Gasteiger charge is -2.34. The van der Waals surface area contributed by atoms with E-state index in [4.69, 9.17) is 9.47 Å². The second-order valence-electron chi connectivity index (χ2n) is 6.49. The first-order valence-electron chi connectivity index (χ1n) is 9.10. The molecule has 4 rings (SSSR count). The molecule has 0 N–H and O–H groups in total. The van der Waals surface area contributed by atoms with Crippen LogP contribution in [-0.2, 0) is 14.3 Å². The van der Waals surface area contributed by atoms with Crippen LogP contribution < -0.4 is 9.64 Å². The fourth-order valence-corrected chi connectivity index (χ4v) is 3.16. The number of benzene rings is 1. The highest BCUT2D eigenvalue weighted by molar-refractivity contribution is 5.96. The molecule has 0 aliphatic carbocycles. The normalized spacial score (nSPS) is 15.9. The molecule has 2 aliphatic heterocycles. The summed E-state index contributed by atoms with van der Waals surface area (Å²) in [6.45, 7) is 2.21. The Morgan fingerprint density at radius 1 is 1.04 bits per heavy atom. The maximum atomic E-state index is 12.4. The maximum absolute atomic E-state index is 12.4. The standard InChI is InChI=1S/C20H20N4O4/c25-18(23-8-10-24(11-9-23)20-21-6-3-7-22-20)14-28-19(26)16-12-15-4-1-2-5-17(15)27-13-16/h1-7,12H,8-11,13-14H2. The number of aromatic nitrogens is 2. The van der Waals surface area contributed by atoms with E-state index in [1.54, 1.807) is 29.4 Å². The van der Waals surface area contributed by atoms with Crippen molar-refractivity contribution in [3.8, 4) is 5.75 Å². The number of carbonyl (C=O) groups excluding carboxylic acids is 2. The number of fused-ring (bicyclic) bond motifs is 1. The number of piperazine rings is 1. The minimum atomic E-state index is -0.529. The smallest absolute Gasteiger partial charge is 0.338 e. The highest BCUT2D eigenvalue weighted by Gasteiger charge is 2.24. The monoisotopic (exact) mass is 380 g/mol. The van der Waals surface area contributed by atoms with E-state index in [2.05, 4.69) is 9.97 Å². The summed E-state index contributed by atoms with van der Waals surface area (Å²) in [7, 11) is 0. The molecule has 0 unspecified atom stereocenters. The lowest BCUT2D eigenvalue weighted by Crippen LogP contribution is -2.50. The van der Waals surface area contributed by atoms with Crippen LogP contribution in [0.3, 0.4) is 0 Å². The van der Waals surface area contributed by atoms with E-state index in [9.17, 15) is 9.59 Å². The molecule has 0 saturated carbocycles. The first-order valence-corrected chi connectivity index (χ1v) is 9.10. The molecular weight excluding hydrogens is 360 g/mol. The van der Waals surface area contributed by atoms with Gasteiger partial charge in [-0.1, -0.05) is 18.2 Å². The Balaban J connectivity index is 1.27. The van der Waals surface area contributed by atoms with Gasteiger partial charge in [-0.05, 0) is 18.2 Å². The zero-order valence-corrected chi connectivity index (χ0v) is 15.3. The number of hydrogen-bond acceptors (Lipinski definition) is 7. The molecule has 1 amide bonds. The Labute approximate surface area is 162 Å². The first-order chi connectivity index (χ1) is 13.7. The van der Waals surface area contributed by atoms with Gasteiger partial charge in [0.1, 0.15) is 12.4 Å². The number of anilines is 1. The number of carbonyl (C=O) groups is 2. The van der Waals surface area contributed by atoms with E-state index < -0.39 is 5.97 Å². The summed E-state index contributed by atoms with van der Waals surface area (Å²) in [5, 5.41) is 0. The number of nitrogens with zero attached hydrogens (tertiary/aromatic N) is 4. The number of rotatable bonds is 4. The van der Waals surface area contributed by atoms with Gasteiger partial charge in [0.05, 0.1) is 5.57 Å². The summed E-state index contributed by atoms with van der Waals surface area (Å²) in [6.07, 6.45) is 5.13. The van der Waals surface area contributed by atoms with Crippen molar-refractivity contribution in [1.82, 2.24) is 14.9 Å². The molecule has 1 aromatic carbocycles. The maximum Gasteiger partial charge on any atom is 0.338 e. The minimum absolute atomic E-state index is 0.139. The van der Waals surface area contributed by atoms with Crippen LogP contribution in [0.25, 0.3) is 6.08 Å². The molecule has 2 aliphatic rings. The van der Waals surface area contributed by atoms with E-state index >= 15 is 0 Å². The van der Waals surface area contributed by atoms with Gasteiger partial charge in [0.15, 0.2) is 6.61 Å². The van der Waals surface area contributed by atoms with E-state index in [-0.39, 0.29) is 19.1 Å². The SMILES string of the molecule is O=C(OCC(=O)N1CCN(c2ncccn2)CC1)C1=Cc2ccccc2OC1. The third-order valence-corrected chi connectivity index (χ3v) is 4.69. The van der Waals surface area contributed by atoms with Crippen molar-refractivity contribution in [2.75, 3.05) is 44.3 Å². The van der Waals surface area contributed by atoms with Crippen LogP contribution in [0.2, 0.25) is 0 Å². The number of ether oxygens (including phenoxy) is 2. The van der Waals surface area contributed by atoms with Gasteiger partial charge < -0.3 is 19.3 Å². The Bertz CT molecular complexity index is 892. The van der Waals surface area contributed by atoms with Gasteiger partial charge in [-0.15, -0.1) is 0 Å². The summed E-state index contributed by atoms with van der Waals surface area (Å²) in [5.74, 6) is 0.653. The van der Waals surface area contributed by atoms with E-state index in [0.29, 0.717) is 37.7 Å². The van der Waals surface area contributed by atoms with Crippen LogP contribution >= 0.6 is 0 Å². The van der Waals surface area contributed by atoms with Crippen molar-refractivity contribution in [2.24, 2.45) is 0 Å². The minimum Gasteiger partial charge on any atom is -0.488 e. The third-order valence-electron chi connectivity index (χ3n) is 4.69. The molecule has 3 heterocycles. The fraction of sp³-hybridized carbons (Fsp3) is 0.300. The third kappa shape index (κ3) is 3.95. The summed E-state index contributed by atoms with van der Waals surface area (Å²) in [4.78, 5) is 36.8. The zero-order valence-electron chi connectivity index (χ0n) is 15.3. The molecule has 0 spiro atoms. The molecule has 2 aromatic rings. The molecule has 8 heteroatoms. The molecule has 28 heavy (non-hydrogen) atoms.